The lowest BCUT2D eigenvalue weighted by Crippen LogP contribution is -2.16. The van der Waals surface area contributed by atoms with Crippen molar-refractivity contribution in [1.29, 1.82) is 5.26 Å². The van der Waals surface area contributed by atoms with Gasteiger partial charge in [-0.3, -0.25) is 0 Å². The van der Waals surface area contributed by atoms with Gasteiger partial charge in [0.2, 0.25) is 0 Å². The highest BCUT2D eigenvalue weighted by molar-refractivity contribution is 8.03. The van der Waals surface area contributed by atoms with Gasteiger partial charge in [0.15, 0.2) is 0 Å². The monoisotopic (exact) mass is 247 g/mol. The summed E-state index contributed by atoms with van der Waals surface area (Å²) in [4.78, 5) is 1.05. The fourth-order valence-electron chi connectivity index (χ4n) is 2.50. The number of hydrogen-bond acceptors (Lipinski definition) is 3. The third-order valence-electron chi connectivity index (χ3n) is 3.52. The maximum Gasteiger partial charge on any atom is 0.138 e. The molecule has 0 spiro atoms. The van der Waals surface area contributed by atoms with Gasteiger partial charge in [-0.2, -0.15) is 5.26 Å². The molecule has 1 aromatic carbocycles. The molecule has 0 heterocycles. The van der Waals surface area contributed by atoms with E-state index >= 15 is 0 Å². The molecular formula is C14H17NOS. The van der Waals surface area contributed by atoms with Crippen molar-refractivity contribution in [2.24, 2.45) is 0 Å². The van der Waals surface area contributed by atoms with Crippen LogP contribution in [0.4, 0.5) is 0 Å². The Morgan fingerprint density at radius 3 is 2.59 bits per heavy atom. The molecule has 1 saturated carbocycles. The van der Waals surface area contributed by atoms with Gasteiger partial charge in [0.1, 0.15) is 5.40 Å². The molecule has 90 valence electrons. The molecule has 1 aromatic rings. The predicted molar refractivity (Wildman–Crippen MR) is 69.9 cm³/mol. The number of nitriles is 1. The molecule has 0 aliphatic heterocycles. The summed E-state index contributed by atoms with van der Waals surface area (Å²) in [6.07, 6.45) is 3.88. The fraction of sp³-hybridized carbons (Fsp3) is 0.500. The SMILES string of the molecule is Cc1cc(C2CCC(O)CC2)ccc1SC#N. The number of rotatable bonds is 2. The van der Waals surface area contributed by atoms with Crippen LogP contribution in [0.5, 0.6) is 0 Å². The van der Waals surface area contributed by atoms with Crippen molar-refractivity contribution in [3.63, 3.8) is 0 Å². The normalized spacial score (nSPS) is 24.3. The highest BCUT2D eigenvalue weighted by atomic mass is 32.2. The summed E-state index contributed by atoms with van der Waals surface area (Å²) in [7, 11) is 0. The van der Waals surface area contributed by atoms with Crippen molar-refractivity contribution >= 4 is 11.8 Å². The summed E-state index contributed by atoms with van der Waals surface area (Å²) in [6, 6.07) is 6.38. The highest BCUT2D eigenvalue weighted by Gasteiger charge is 2.20. The number of aliphatic hydroxyl groups is 1. The van der Waals surface area contributed by atoms with Gasteiger partial charge < -0.3 is 5.11 Å². The Bertz CT molecular complexity index is 430. The van der Waals surface area contributed by atoms with Gasteiger partial charge in [0, 0.05) is 4.90 Å². The maximum atomic E-state index is 9.50. The van der Waals surface area contributed by atoms with E-state index in [0.717, 1.165) is 30.6 Å². The minimum Gasteiger partial charge on any atom is -0.393 e. The first-order valence-corrected chi connectivity index (χ1v) is 6.87. The van der Waals surface area contributed by atoms with Crippen LogP contribution in [-0.2, 0) is 0 Å². The predicted octanol–water partition coefficient (Wildman–Crippen LogP) is 3.59. The summed E-state index contributed by atoms with van der Waals surface area (Å²) in [6.45, 7) is 2.06. The number of thiocyanates is 1. The van der Waals surface area contributed by atoms with E-state index in [4.69, 9.17) is 5.26 Å². The molecule has 17 heavy (non-hydrogen) atoms. The van der Waals surface area contributed by atoms with Crippen LogP contribution in [0.15, 0.2) is 23.1 Å². The van der Waals surface area contributed by atoms with Crippen molar-refractivity contribution in [3.05, 3.63) is 29.3 Å². The quantitative estimate of drug-likeness (QED) is 0.641. The van der Waals surface area contributed by atoms with E-state index in [1.54, 1.807) is 0 Å². The molecule has 1 N–H and O–H groups in total. The number of hydrogen-bond donors (Lipinski definition) is 1. The zero-order chi connectivity index (χ0) is 12.3. The van der Waals surface area contributed by atoms with Crippen molar-refractivity contribution in [2.45, 2.75) is 49.5 Å². The van der Waals surface area contributed by atoms with Crippen molar-refractivity contribution < 1.29 is 5.11 Å². The van der Waals surface area contributed by atoms with Gasteiger partial charge in [-0.1, -0.05) is 12.1 Å². The first-order valence-electron chi connectivity index (χ1n) is 6.05. The Morgan fingerprint density at radius 2 is 2.00 bits per heavy atom. The summed E-state index contributed by atoms with van der Waals surface area (Å²) in [5.74, 6) is 0.582. The van der Waals surface area contributed by atoms with Crippen molar-refractivity contribution in [3.8, 4) is 5.40 Å². The Labute approximate surface area is 107 Å². The molecule has 0 atom stereocenters. The Morgan fingerprint density at radius 1 is 1.29 bits per heavy atom. The molecule has 1 aliphatic carbocycles. The number of nitrogens with zero attached hydrogens (tertiary/aromatic N) is 1. The average molecular weight is 247 g/mol. The fourth-order valence-corrected chi connectivity index (χ4v) is 2.95. The van der Waals surface area contributed by atoms with E-state index in [1.165, 1.54) is 22.9 Å². The van der Waals surface area contributed by atoms with Crippen LogP contribution in [0.1, 0.15) is 42.7 Å². The highest BCUT2D eigenvalue weighted by Crippen LogP contribution is 2.34. The van der Waals surface area contributed by atoms with Crippen LogP contribution in [0.25, 0.3) is 0 Å². The first kappa shape index (κ1) is 12.5. The van der Waals surface area contributed by atoms with Gasteiger partial charge >= 0.3 is 0 Å². The van der Waals surface area contributed by atoms with Gasteiger partial charge in [-0.05, 0) is 67.5 Å². The molecule has 1 aliphatic rings. The molecule has 1 fully saturated rings. The number of thioether (sulfide) groups is 1. The second kappa shape index (κ2) is 5.57. The van der Waals surface area contributed by atoms with Crippen LogP contribution in [-0.4, -0.2) is 11.2 Å². The molecule has 0 aromatic heterocycles. The lowest BCUT2D eigenvalue weighted by molar-refractivity contribution is 0.122. The van der Waals surface area contributed by atoms with E-state index in [2.05, 4.69) is 24.5 Å². The topological polar surface area (TPSA) is 44.0 Å². The van der Waals surface area contributed by atoms with Crippen molar-refractivity contribution in [1.82, 2.24) is 0 Å². The van der Waals surface area contributed by atoms with E-state index < -0.39 is 0 Å². The molecule has 0 bridgehead atoms. The summed E-state index contributed by atoms with van der Waals surface area (Å²) < 4.78 is 0. The molecule has 0 radical (unpaired) electrons. The largest absolute Gasteiger partial charge is 0.393 e. The average Bonchev–Trinajstić information content (AvgIpc) is 2.33. The molecule has 0 unspecified atom stereocenters. The van der Waals surface area contributed by atoms with E-state index in [9.17, 15) is 5.11 Å². The molecule has 2 rings (SSSR count). The lowest BCUT2D eigenvalue weighted by Gasteiger charge is -2.26. The standard InChI is InChI=1S/C14H17NOS/c1-10-8-12(4-7-14(10)17-9-15)11-2-5-13(16)6-3-11/h4,7-8,11,13,16H,2-3,5-6H2,1H3. The van der Waals surface area contributed by atoms with Crippen LogP contribution in [0, 0.1) is 17.6 Å². The lowest BCUT2D eigenvalue weighted by atomic mass is 9.82. The van der Waals surface area contributed by atoms with Crippen LogP contribution in [0.2, 0.25) is 0 Å². The Kier molecular flexibility index (Phi) is 4.09. The van der Waals surface area contributed by atoms with Gasteiger partial charge in [0.25, 0.3) is 0 Å². The second-order valence-electron chi connectivity index (χ2n) is 4.72. The van der Waals surface area contributed by atoms with E-state index in [0.29, 0.717) is 5.92 Å². The maximum absolute atomic E-state index is 9.50. The second-order valence-corrected chi connectivity index (χ2v) is 5.55. The smallest absolute Gasteiger partial charge is 0.138 e. The van der Waals surface area contributed by atoms with Gasteiger partial charge in [0.05, 0.1) is 6.10 Å². The van der Waals surface area contributed by atoms with E-state index in [-0.39, 0.29) is 6.10 Å². The molecule has 3 heteroatoms. The minimum atomic E-state index is -0.0965. The van der Waals surface area contributed by atoms with Gasteiger partial charge in [-0.25, -0.2) is 0 Å². The van der Waals surface area contributed by atoms with Crippen molar-refractivity contribution in [2.75, 3.05) is 0 Å². The molecular weight excluding hydrogens is 230 g/mol. The number of benzene rings is 1. The third kappa shape index (κ3) is 3.02. The molecule has 0 saturated heterocycles. The summed E-state index contributed by atoms with van der Waals surface area (Å²) in [5.41, 5.74) is 2.54. The number of aryl methyl sites for hydroxylation is 1. The first-order chi connectivity index (χ1) is 8.20. The van der Waals surface area contributed by atoms with Crippen LogP contribution in [0.3, 0.4) is 0 Å². The zero-order valence-corrected chi connectivity index (χ0v) is 10.8. The van der Waals surface area contributed by atoms with Crippen LogP contribution < -0.4 is 0 Å². The zero-order valence-electron chi connectivity index (χ0n) is 10.0. The van der Waals surface area contributed by atoms with Gasteiger partial charge in [-0.15, -0.1) is 0 Å². The Hall–Kier alpha value is -0.980. The summed E-state index contributed by atoms with van der Waals surface area (Å²) >= 11 is 1.22. The molecule has 0 amide bonds. The summed E-state index contributed by atoms with van der Waals surface area (Å²) in [5, 5.41) is 20.3. The molecule has 2 nitrogen and oxygen atoms in total. The van der Waals surface area contributed by atoms with Crippen LogP contribution >= 0.6 is 11.8 Å². The third-order valence-corrected chi connectivity index (χ3v) is 4.29. The number of aliphatic hydroxyl groups excluding tert-OH is 1. The Balaban J connectivity index is 2.12. The van der Waals surface area contributed by atoms with E-state index in [1.807, 2.05) is 6.07 Å². The minimum absolute atomic E-state index is 0.0965.